The van der Waals surface area contributed by atoms with Gasteiger partial charge in [0.05, 0.1) is 41.9 Å². The smallest absolute Gasteiger partial charge is 0.353 e. The highest BCUT2D eigenvalue weighted by molar-refractivity contribution is 5.79. The van der Waals surface area contributed by atoms with Crippen molar-refractivity contribution < 1.29 is 19.5 Å². The summed E-state index contributed by atoms with van der Waals surface area (Å²) in [6, 6.07) is 17.5. The predicted molar refractivity (Wildman–Crippen MR) is 200 cm³/mol. The van der Waals surface area contributed by atoms with Gasteiger partial charge in [0.2, 0.25) is 5.91 Å². The van der Waals surface area contributed by atoms with Crippen LogP contribution in [0.2, 0.25) is 0 Å². The second kappa shape index (κ2) is 15.2. The van der Waals surface area contributed by atoms with E-state index in [0.717, 1.165) is 5.69 Å². The second-order valence-electron chi connectivity index (χ2n) is 13.3. The standard InChI is InChI=1S/C37H47N11O4/c1-6-25-21-46(32-18-29(40-43-36(32)39)27-12-8-10-14-33(27)50)22-26(7-2)48(25)37(51)44(5)52-34-15-11-9-13-28(34)30-19-31(35(38)42-41-30)45-16-17-47(24(4)49)23(3)20-45/h8-15,18-19,23,25-26,50H,6-7,16-17,20-22H2,1-5H3,(H2,38,42)(H2,39,43). The van der Waals surface area contributed by atoms with E-state index >= 15 is 0 Å². The van der Waals surface area contributed by atoms with Crippen LogP contribution >= 0.6 is 0 Å². The molecule has 4 aromatic rings. The van der Waals surface area contributed by atoms with Crippen LogP contribution in [0, 0.1) is 0 Å². The van der Waals surface area contributed by atoms with E-state index in [1.807, 2.05) is 53.1 Å². The molecule has 6 rings (SSSR count). The van der Waals surface area contributed by atoms with E-state index in [1.165, 1.54) is 5.06 Å². The first-order chi connectivity index (χ1) is 25.0. The molecule has 0 radical (unpaired) electrons. The fraction of sp³-hybridized carbons (Fsp3) is 0.405. The summed E-state index contributed by atoms with van der Waals surface area (Å²) >= 11 is 0. The van der Waals surface area contributed by atoms with Crippen LogP contribution in [0.1, 0.15) is 40.5 Å². The Morgan fingerprint density at radius 2 is 1.38 bits per heavy atom. The van der Waals surface area contributed by atoms with Gasteiger partial charge in [0.1, 0.15) is 5.75 Å². The number of hydroxylamine groups is 2. The topological polar surface area (TPSA) is 183 Å². The quantitative estimate of drug-likeness (QED) is 0.222. The lowest BCUT2D eigenvalue weighted by molar-refractivity contribution is -0.131. The molecule has 3 atom stereocenters. The molecule has 0 saturated carbocycles. The summed E-state index contributed by atoms with van der Waals surface area (Å²) in [6.45, 7) is 10.5. The Hall–Kier alpha value is -5.86. The van der Waals surface area contributed by atoms with Crippen molar-refractivity contribution in [1.82, 2.24) is 35.3 Å². The van der Waals surface area contributed by atoms with Crippen LogP contribution in [-0.2, 0) is 4.79 Å². The number of phenolic OH excluding ortho intramolecular Hbond substituents is 1. The van der Waals surface area contributed by atoms with Gasteiger partial charge in [-0.25, -0.2) is 4.79 Å². The third kappa shape index (κ3) is 7.16. The molecule has 15 heteroatoms. The van der Waals surface area contributed by atoms with Crippen LogP contribution in [0.5, 0.6) is 11.5 Å². The lowest BCUT2D eigenvalue weighted by Gasteiger charge is -2.48. The fourth-order valence-corrected chi connectivity index (χ4v) is 7.21. The number of hydrogen-bond donors (Lipinski definition) is 3. The number of piperazine rings is 2. The zero-order valence-electron chi connectivity index (χ0n) is 30.3. The number of amides is 3. The average molecular weight is 710 g/mol. The maximum Gasteiger partial charge on any atom is 0.353 e. The van der Waals surface area contributed by atoms with E-state index in [4.69, 9.17) is 16.3 Å². The van der Waals surface area contributed by atoms with Crippen molar-refractivity contribution in [2.45, 2.75) is 58.7 Å². The minimum absolute atomic E-state index is 0.0123. The number of nitrogens with two attached hydrogens (primary N) is 2. The molecule has 2 aromatic heterocycles. The SMILES string of the molecule is CCC1CN(c2cc(-c3ccccc3O)nnc2N)CC(CC)N1C(=O)N(C)Oc1ccccc1-c1cc(N2CCN(C(C)=O)C(C)C2)c(N)nn1. The van der Waals surface area contributed by atoms with E-state index in [-0.39, 0.29) is 41.6 Å². The Bertz CT molecular complexity index is 1910. The van der Waals surface area contributed by atoms with Gasteiger partial charge in [-0.1, -0.05) is 38.1 Å². The Morgan fingerprint density at radius 3 is 1.96 bits per heavy atom. The van der Waals surface area contributed by atoms with Gasteiger partial charge in [-0.3, -0.25) is 4.79 Å². The third-order valence-electron chi connectivity index (χ3n) is 9.98. The number of aromatic nitrogens is 4. The van der Waals surface area contributed by atoms with Crippen LogP contribution in [0.4, 0.5) is 27.8 Å². The number of rotatable bonds is 8. The summed E-state index contributed by atoms with van der Waals surface area (Å²) in [4.78, 5) is 40.6. The molecule has 2 aliphatic heterocycles. The molecule has 0 spiro atoms. The Morgan fingerprint density at radius 1 is 0.827 bits per heavy atom. The summed E-state index contributed by atoms with van der Waals surface area (Å²) < 4.78 is 0. The van der Waals surface area contributed by atoms with Crippen molar-refractivity contribution >= 4 is 34.9 Å². The number of aromatic hydroxyl groups is 1. The minimum atomic E-state index is -0.273. The van der Waals surface area contributed by atoms with Gasteiger partial charge < -0.3 is 41.0 Å². The van der Waals surface area contributed by atoms with E-state index in [0.29, 0.717) is 85.3 Å². The zero-order chi connectivity index (χ0) is 37.1. The van der Waals surface area contributed by atoms with Gasteiger partial charge in [0.25, 0.3) is 0 Å². The molecule has 3 amide bonds. The van der Waals surface area contributed by atoms with Gasteiger partial charge in [-0.15, -0.1) is 20.4 Å². The highest BCUT2D eigenvalue weighted by Crippen LogP contribution is 2.36. The van der Waals surface area contributed by atoms with Gasteiger partial charge in [-0.2, -0.15) is 5.06 Å². The molecule has 0 aliphatic carbocycles. The largest absolute Gasteiger partial charge is 0.507 e. The monoisotopic (exact) mass is 709 g/mol. The summed E-state index contributed by atoms with van der Waals surface area (Å²) in [6.07, 6.45) is 1.38. The summed E-state index contributed by atoms with van der Waals surface area (Å²) in [5, 5.41) is 28.8. The van der Waals surface area contributed by atoms with Crippen LogP contribution in [0.15, 0.2) is 60.7 Å². The van der Waals surface area contributed by atoms with Crippen molar-refractivity contribution in [2.24, 2.45) is 0 Å². The van der Waals surface area contributed by atoms with Crippen LogP contribution in [-0.4, -0.2) is 110 Å². The predicted octanol–water partition coefficient (Wildman–Crippen LogP) is 4.25. The third-order valence-corrected chi connectivity index (χ3v) is 9.98. The van der Waals surface area contributed by atoms with Gasteiger partial charge in [-0.05, 0) is 56.2 Å². The zero-order valence-corrected chi connectivity index (χ0v) is 30.3. The van der Waals surface area contributed by atoms with Crippen molar-refractivity contribution in [1.29, 1.82) is 0 Å². The summed E-state index contributed by atoms with van der Waals surface area (Å²) in [5.74, 6) is 1.17. The first-order valence-corrected chi connectivity index (χ1v) is 17.7. The van der Waals surface area contributed by atoms with Crippen molar-refractivity contribution in [3.8, 4) is 34.0 Å². The first-order valence-electron chi connectivity index (χ1n) is 17.7. The molecule has 2 aliphatic rings. The molecular formula is C37H47N11O4. The van der Waals surface area contributed by atoms with E-state index in [2.05, 4.69) is 44.0 Å². The highest BCUT2D eigenvalue weighted by atomic mass is 16.7. The Balaban J connectivity index is 1.21. The number of phenols is 1. The van der Waals surface area contributed by atoms with Gasteiger partial charge >= 0.3 is 6.03 Å². The number of urea groups is 1. The maximum absolute atomic E-state index is 14.2. The average Bonchev–Trinajstić information content (AvgIpc) is 3.14. The highest BCUT2D eigenvalue weighted by Gasteiger charge is 2.39. The normalized spacial score (nSPS) is 19.1. The number of benzene rings is 2. The molecule has 2 saturated heterocycles. The molecule has 3 unspecified atom stereocenters. The molecule has 2 aromatic carbocycles. The lowest BCUT2D eigenvalue weighted by Crippen LogP contribution is -2.63. The molecule has 52 heavy (non-hydrogen) atoms. The van der Waals surface area contributed by atoms with Gasteiger partial charge in [0, 0.05) is 56.8 Å². The van der Waals surface area contributed by atoms with Crippen molar-refractivity contribution in [2.75, 3.05) is 61.0 Å². The van der Waals surface area contributed by atoms with Crippen LogP contribution in [0.25, 0.3) is 22.5 Å². The molecule has 274 valence electrons. The number of nitrogens with zero attached hydrogens (tertiary/aromatic N) is 9. The Kier molecular flexibility index (Phi) is 10.5. The molecule has 15 nitrogen and oxygen atoms in total. The van der Waals surface area contributed by atoms with Crippen LogP contribution in [0.3, 0.4) is 0 Å². The lowest BCUT2D eigenvalue weighted by atomic mass is 10.0. The fourth-order valence-electron chi connectivity index (χ4n) is 7.21. The molecule has 2 fully saturated rings. The number of nitrogen functional groups attached to an aromatic ring is 2. The van der Waals surface area contributed by atoms with Gasteiger partial charge in [0.15, 0.2) is 17.4 Å². The number of hydrogen-bond acceptors (Lipinski definition) is 12. The first kappa shape index (κ1) is 35.9. The van der Waals surface area contributed by atoms with E-state index in [1.54, 1.807) is 38.2 Å². The van der Waals surface area contributed by atoms with Crippen molar-refractivity contribution in [3.05, 3.63) is 60.7 Å². The minimum Gasteiger partial charge on any atom is -0.507 e. The number of para-hydroxylation sites is 2. The molecular weight excluding hydrogens is 662 g/mol. The van der Waals surface area contributed by atoms with E-state index in [9.17, 15) is 14.7 Å². The molecule has 5 N–H and O–H groups in total. The molecule has 4 heterocycles. The molecule has 0 bridgehead atoms. The number of carbonyl (C=O) groups excluding carboxylic acids is 2. The summed E-state index contributed by atoms with van der Waals surface area (Å²) in [5.41, 5.74) is 16.4. The number of anilines is 4. The maximum atomic E-state index is 14.2. The van der Waals surface area contributed by atoms with Crippen molar-refractivity contribution in [3.63, 3.8) is 0 Å². The van der Waals surface area contributed by atoms with E-state index < -0.39 is 0 Å². The number of carbonyl (C=O) groups is 2. The van der Waals surface area contributed by atoms with Crippen LogP contribution < -0.4 is 26.1 Å². The summed E-state index contributed by atoms with van der Waals surface area (Å²) in [7, 11) is 1.62. The second-order valence-corrected chi connectivity index (χ2v) is 13.3. The Labute approximate surface area is 303 Å².